The smallest absolute Gasteiger partial charge is 0.0983 e. The highest BCUT2D eigenvalue weighted by atomic mass is 32.2. The molecule has 2 heterocycles. The van der Waals surface area contributed by atoms with Gasteiger partial charge in [-0.25, -0.2) is 4.98 Å². The highest BCUT2D eigenvalue weighted by molar-refractivity contribution is 7.98. The molecule has 0 saturated heterocycles. The molecule has 2 aromatic heterocycles. The largest absolute Gasteiger partial charge is 0.411 e. The third kappa shape index (κ3) is 2.00. The molecule has 0 saturated carbocycles. The van der Waals surface area contributed by atoms with Gasteiger partial charge in [-0.15, -0.1) is 11.8 Å². The van der Waals surface area contributed by atoms with Crippen molar-refractivity contribution in [1.29, 1.82) is 0 Å². The van der Waals surface area contributed by atoms with Crippen LogP contribution in [0.3, 0.4) is 0 Å². The van der Waals surface area contributed by atoms with E-state index in [9.17, 15) is 0 Å². The van der Waals surface area contributed by atoms with Crippen molar-refractivity contribution in [2.24, 2.45) is 5.16 Å². The lowest BCUT2D eigenvalue weighted by Crippen LogP contribution is -1.94. The Morgan fingerprint density at radius 1 is 1.25 bits per heavy atom. The summed E-state index contributed by atoms with van der Waals surface area (Å²) in [7, 11) is 0. The Balaban J connectivity index is 2.51. The number of aryl methyl sites for hydroxylation is 1. The monoisotopic (exact) mass is 283 g/mol. The normalized spacial score (nSPS) is 11.7. The molecule has 0 aliphatic carbocycles. The summed E-state index contributed by atoms with van der Waals surface area (Å²) < 4.78 is 0. The number of oxime groups is 1. The van der Waals surface area contributed by atoms with Crippen LogP contribution in [0.2, 0.25) is 0 Å². The van der Waals surface area contributed by atoms with Crippen LogP contribution in [0, 0.1) is 6.92 Å². The maximum Gasteiger partial charge on any atom is 0.0983 e. The minimum absolute atomic E-state index is 0.625. The highest BCUT2D eigenvalue weighted by Crippen LogP contribution is 2.32. The van der Waals surface area contributed by atoms with Crippen molar-refractivity contribution < 1.29 is 5.21 Å². The zero-order chi connectivity index (χ0) is 14.1. The third-order valence-corrected chi connectivity index (χ3v) is 4.05. The van der Waals surface area contributed by atoms with E-state index in [1.165, 1.54) is 11.8 Å². The highest BCUT2D eigenvalue weighted by Gasteiger charge is 2.11. The Morgan fingerprint density at radius 3 is 2.85 bits per heavy atom. The second-order valence-corrected chi connectivity index (χ2v) is 5.33. The third-order valence-electron chi connectivity index (χ3n) is 3.27. The van der Waals surface area contributed by atoms with Crippen LogP contribution in [0.1, 0.15) is 11.3 Å². The number of benzene rings is 1. The van der Waals surface area contributed by atoms with E-state index in [0.29, 0.717) is 5.69 Å². The molecular weight excluding hydrogens is 270 g/mol. The summed E-state index contributed by atoms with van der Waals surface area (Å²) in [6.07, 6.45) is 5.13. The second kappa shape index (κ2) is 5.09. The number of fused-ring (bicyclic) bond motifs is 3. The summed E-state index contributed by atoms with van der Waals surface area (Å²) in [5, 5.41) is 14.0. The van der Waals surface area contributed by atoms with Crippen LogP contribution in [0.15, 0.2) is 40.5 Å². The first-order valence-electron chi connectivity index (χ1n) is 6.15. The first-order chi connectivity index (χ1) is 9.74. The molecule has 0 unspecified atom stereocenters. The fraction of sp³-hybridized carbons (Fsp3) is 0.133. The topological polar surface area (TPSA) is 58.4 Å². The van der Waals surface area contributed by atoms with Gasteiger partial charge in [-0.1, -0.05) is 11.2 Å². The number of aromatic nitrogens is 2. The summed E-state index contributed by atoms with van der Waals surface area (Å²) in [4.78, 5) is 10.1. The Labute approximate surface area is 120 Å². The van der Waals surface area contributed by atoms with E-state index in [-0.39, 0.29) is 0 Å². The molecule has 20 heavy (non-hydrogen) atoms. The summed E-state index contributed by atoms with van der Waals surface area (Å²) in [6.45, 7) is 2.08. The quantitative estimate of drug-likeness (QED) is 0.256. The molecule has 3 aromatic rings. The summed E-state index contributed by atoms with van der Waals surface area (Å²) in [6, 6.07) is 8.03. The molecule has 0 radical (unpaired) electrons. The molecule has 100 valence electrons. The molecule has 1 N–H and O–H groups in total. The molecular formula is C15H13N3OS. The lowest BCUT2D eigenvalue weighted by atomic mass is 10.0. The first-order valence-corrected chi connectivity index (χ1v) is 7.37. The van der Waals surface area contributed by atoms with E-state index in [0.717, 1.165) is 26.7 Å². The fourth-order valence-electron chi connectivity index (χ4n) is 2.37. The van der Waals surface area contributed by atoms with E-state index in [4.69, 9.17) is 5.21 Å². The van der Waals surface area contributed by atoms with Gasteiger partial charge < -0.3 is 5.21 Å². The van der Waals surface area contributed by atoms with Crippen molar-refractivity contribution >= 4 is 39.8 Å². The van der Waals surface area contributed by atoms with Crippen molar-refractivity contribution in [2.75, 3.05) is 6.26 Å². The number of hydrogen-bond acceptors (Lipinski definition) is 5. The number of pyridine rings is 2. The lowest BCUT2D eigenvalue weighted by molar-refractivity contribution is 0.321. The summed E-state index contributed by atoms with van der Waals surface area (Å²) >= 11 is 1.64. The molecule has 0 amide bonds. The van der Waals surface area contributed by atoms with Crippen LogP contribution in [0.4, 0.5) is 0 Å². The molecule has 0 aliphatic heterocycles. The maximum atomic E-state index is 8.72. The van der Waals surface area contributed by atoms with Crippen LogP contribution in [0.5, 0.6) is 0 Å². The Kier molecular flexibility index (Phi) is 3.28. The van der Waals surface area contributed by atoms with Gasteiger partial charge in [-0.3, -0.25) is 4.98 Å². The second-order valence-electron chi connectivity index (χ2n) is 4.48. The summed E-state index contributed by atoms with van der Waals surface area (Å²) in [5.41, 5.74) is 3.53. The van der Waals surface area contributed by atoms with E-state index in [1.54, 1.807) is 18.0 Å². The molecule has 5 heteroatoms. The van der Waals surface area contributed by atoms with Gasteiger partial charge in [0.2, 0.25) is 0 Å². The standard InChI is InChI=1S/C15H13N3OS/c1-9-6-12-13(20-2)7-10(8-17-19)18-15(12)14-11(9)4-3-5-16-14/h3-8,19H,1-2H3/b17-8+. The van der Waals surface area contributed by atoms with Crippen LogP contribution in [0.25, 0.3) is 21.8 Å². The molecule has 0 fully saturated rings. The predicted molar refractivity (Wildman–Crippen MR) is 82.9 cm³/mol. The van der Waals surface area contributed by atoms with Crippen molar-refractivity contribution in [1.82, 2.24) is 9.97 Å². The van der Waals surface area contributed by atoms with Gasteiger partial charge in [0, 0.05) is 21.9 Å². The van der Waals surface area contributed by atoms with Crippen molar-refractivity contribution in [3.05, 3.63) is 41.7 Å². The van der Waals surface area contributed by atoms with Gasteiger partial charge in [0.05, 0.1) is 22.9 Å². The van der Waals surface area contributed by atoms with Crippen molar-refractivity contribution in [3.8, 4) is 0 Å². The fourth-order valence-corrected chi connectivity index (χ4v) is 2.99. The summed E-state index contributed by atoms with van der Waals surface area (Å²) in [5.74, 6) is 0. The van der Waals surface area contributed by atoms with Crippen LogP contribution < -0.4 is 0 Å². The molecule has 3 rings (SSSR count). The van der Waals surface area contributed by atoms with Gasteiger partial charge in [0.1, 0.15) is 0 Å². The van der Waals surface area contributed by atoms with Gasteiger partial charge >= 0.3 is 0 Å². The van der Waals surface area contributed by atoms with Crippen LogP contribution in [-0.2, 0) is 0 Å². The Bertz CT molecular complexity index is 830. The van der Waals surface area contributed by atoms with Crippen molar-refractivity contribution in [2.45, 2.75) is 11.8 Å². The zero-order valence-corrected chi connectivity index (χ0v) is 12.0. The van der Waals surface area contributed by atoms with Gasteiger partial charge in [0.25, 0.3) is 0 Å². The molecule has 0 atom stereocenters. The van der Waals surface area contributed by atoms with E-state index < -0.39 is 0 Å². The molecule has 0 spiro atoms. The SMILES string of the molecule is CSc1cc(/C=N/O)nc2c1cc(C)c1cccnc12. The molecule has 4 nitrogen and oxygen atoms in total. The lowest BCUT2D eigenvalue weighted by Gasteiger charge is -2.09. The van der Waals surface area contributed by atoms with Gasteiger partial charge in [-0.2, -0.15) is 0 Å². The molecule has 0 aliphatic rings. The number of nitrogens with zero attached hydrogens (tertiary/aromatic N) is 3. The Morgan fingerprint density at radius 2 is 2.10 bits per heavy atom. The number of rotatable bonds is 2. The first kappa shape index (κ1) is 12.9. The minimum Gasteiger partial charge on any atom is -0.411 e. The van der Waals surface area contributed by atoms with Gasteiger partial charge in [-0.05, 0) is 36.9 Å². The minimum atomic E-state index is 0.625. The van der Waals surface area contributed by atoms with E-state index >= 15 is 0 Å². The van der Waals surface area contributed by atoms with Gasteiger partial charge in [0.15, 0.2) is 0 Å². The van der Waals surface area contributed by atoms with Crippen LogP contribution >= 0.6 is 11.8 Å². The van der Waals surface area contributed by atoms with E-state index in [1.807, 2.05) is 24.5 Å². The predicted octanol–water partition coefficient (Wildman–Crippen LogP) is 3.62. The van der Waals surface area contributed by atoms with Crippen LogP contribution in [-0.4, -0.2) is 27.6 Å². The maximum absolute atomic E-state index is 8.72. The average Bonchev–Trinajstić information content (AvgIpc) is 2.48. The Hall–Kier alpha value is -2.14. The van der Waals surface area contributed by atoms with Crippen molar-refractivity contribution in [3.63, 3.8) is 0 Å². The number of thioether (sulfide) groups is 1. The molecule has 1 aromatic carbocycles. The average molecular weight is 283 g/mol. The molecule has 0 bridgehead atoms. The van der Waals surface area contributed by atoms with E-state index in [2.05, 4.69) is 28.1 Å². The zero-order valence-electron chi connectivity index (χ0n) is 11.2. The number of hydrogen-bond donors (Lipinski definition) is 1.